The van der Waals surface area contributed by atoms with Gasteiger partial charge in [-0.3, -0.25) is 24.7 Å². The third-order valence-corrected chi connectivity index (χ3v) is 12.5. The summed E-state index contributed by atoms with van der Waals surface area (Å²) in [5.74, 6) is 1.38. The molecule has 2 saturated heterocycles. The number of hydrogen-bond donors (Lipinski definition) is 6. The number of aliphatic hydroxyl groups is 1. The molecule has 0 bridgehead atoms. The van der Waals surface area contributed by atoms with Crippen molar-refractivity contribution >= 4 is 64.1 Å². The number of aromatic nitrogens is 7. The van der Waals surface area contributed by atoms with E-state index in [-0.39, 0.29) is 35.9 Å². The molecular weight excluding hydrogens is 871 g/mol. The minimum Gasteiger partial charge on any atom is -0.424 e. The molecule has 2 fully saturated rings. The van der Waals surface area contributed by atoms with E-state index in [4.69, 9.17) is 26.4 Å². The van der Waals surface area contributed by atoms with E-state index in [2.05, 4.69) is 67.5 Å². The van der Waals surface area contributed by atoms with Crippen molar-refractivity contribution in [3.63, 3.8) is 0 Å². The zero-order valence-electron chi connectivity index (χ0n) is 37.5. The molecule has 352 valence electrons. The quantitative estimate of drug-likeness (QED) is 0.0795. The molecule has 22 heteroatoms. The van der Waals surface area contributed by atoms with Crippen LogP contribution >= 0.6 is 0 Å². The lowest BCUT2D eigenvalue weighted by molar-refractivity contribution is -0.131. The molecule has 0 spiro atoms. The zero-order valence-corrected chi connectivity index (χ0v) is 37.5. The number of carbonyl (C=O) groups excluding carboxylic acids is 3. The molecule has 0 saturated carbocycles. The number of benzene rings is 2. The smallest absolute Gasteiger partial charge is 0.292 e. The highest BCUT2D eigenvalue weighted by Gasteiger charge is 2.26. The Bertz CT molecular complexity index is 2790. The molecule has 3 aliphatic rings. The molecule has 0 unspecified atom stereocenters. The predicted molar refractivity (Wildman–Crippen MR) is 253 cm³/mol. The normalized spacial score (nSPS) is 15.3. The zero-order chi connectivity index (χ0) is 47.1. The highest BCUT2D eigenvalue weighted by molar-refractivity contribution is 6.17. The number of hydrogen-bond acceptors (Lipinski definition) is 19. The third-order valence-electron chi connectivity index (χ3n) is 12.5. The molecule has 3 aliphatic heterocycles. The number of amides is 3. The van der Waals surface area contributed by atoms with Gasteiger partial charge in [0.1, 0.15) is 30.1 Å². The number of nitrogens with two attached hydrogens (primary N) is 2. The second kappa shape index (κ2) is 20.3. The van der Waals surface area contributed by atoms with Gasteiger partial charge in [-0.25, -0.2) is 29.9 Å². The lowest BCUT2D eigenvalue weighted by atomic mass is 9.96. The first-order valence-electron chi connectivity index (χ1n) is 22.6. The molecule has 4 aromatic heterocycles. The molecule has 8 N–H and O–H groups in total. The van der Waals surface area contributed by atoms with Gasteiger partial charge >= 0.3 is 0 Å². The molecule has 2 aromatic carbocycles. The Kier molecular flexibility index (Phi) is 13.6. The summed E-state index contributed by atoms with van der Waals surface area (Å²) in [5, 5.41) is 23.7. The molecule has 7 heterocycles. The van der Waals surface area contributed by atoms with Gasteiger partial charge in [-0.2, -0.15) is 4.98 Å². The lowest BCUT2D eigenvalue weighted by Gasteiger charge is -2.36. The van der Waals surface area contributed by atoms with Crippen LogP contribution < -0.4 is 31.9 Å². The van der Waals surface area contributed by atoms with Gasteiger partial charge < -0.3 is 51.2 Å². The molecule has 22 nitrogen and oxygen atoms in total. The Morgan fingerprint density at radius 3 is 2.21 bits per heavy atom. The van der Waals surface area contributed by atoms with Crippen molar-refractivity contribution < 1.29 is 23.9 Å². The maximum atomic E-state index is 13.6. The summed E-state index contributed by atoms with van der Waals surface area (Å²) >= 11 is 0. The van der Waals surface area contributed by atoms with Crippen molar-refractivity contribution in [1.29, 1.82) is 5.41 Å². The predicted octanol–water partition coefficient (Wildman–Crippen LogP) is 1.45. The van der Waals surface area contributed by atoms with Gasteiger partial charge in [0.25, 0.3) is 11.9 Å². The molecule has 6 aromatic rings. The first-order valence-corrected chi connectivity index (χ1v) is 22.6. The van der Waals surface area contributed by atoms with Crippen LogP contribution in [0.2, 0.25) is 0 Å². The summed E-state index contributed by atoms with van der Waals surface area (Å²) in [7, 11) is 0. The fourth-order valence-corrected chi connectivity index (χ4v) is 8.68. The molecule has 68 heavy (non-hydrogen) atoms. The standard InChI is InChI=1S/C46H53N17O5/c47-40(32-5-6-36-35(19-32)58-44(49)68-36)39-41(48)56-28-57-42(39)51-20-29-3-4-33-26-63(9-7-31(33)18-29)43(67)34-24-54-46(55-25-34)61-12-10-59(11-13-61)8-1-2-38(66)60-14-16-62(17-15-60)45-52-22-30(23-53-45)21-50-37(65)27-64/h3-6,18-19,22-25,28,47,64H,1-2,7-17,20-21,26-27H2,(H2,49,58)(H,50,65)(H3,48,51,56,57). The van der Waals surface area contributed by atoms with Crippen molar-refractivity contribution in [3.05, 3.63) is 106 Å². The van der Waals surface area contributed by atoms with Gasteiger partial charge in [-0.05, 0) is 54.3 Å². The van der Waals surface area contributed by atoms with E-state index in [9.17, 15) is 14.4 Å². The minimum absolute atomic E-state index is 0.0505. The van der Waals surface area contributed by atoms with Crippen LogP contribution in [0, 0.1) is 5.41 Å². The molecule has 0 aliphatic carbocycles. The third kappa shape index (κ3) is 10.4. The molecule has 9 rings (SSSR count). The van der Waals surface area contributed by atoms with Gasteiger partial charge in [0.15, 0.2) is 5.58 Å². The Morgan fingerprint density at radius 2 is 1.47 bits per heavy atom. The van der Waals surface area contributed by atoms with Crippen molar-refractivity contribution in [3.8, 4) is 0 Å². The molecule has 0 radical (unpaired) electrons. The highest BCUT2D eigenvalue weighted by Crippen LogP contribution is 2.27. The number of nitrogen functional groups attached to an aromatic ring is 2. The number of nitrogens with zero attached hydrogens (tertiary/aromatic N) is 12. The first kappa shape index (κ1) is 45.3. The lowest BCUT2D eigenvalue weighted by Crippen LogP contribution is -2.49. The van der Waals surface area contributed by atoms with E-state index in [0.29, 0.717) is 104 Å². The SMILES string of the molecule is N=C(c1ccc2oc(N)nc2c1)c1c(N)ncnc1NCc1ccc2c(c1)CCN(C(=O)c1cnc(N3CCN(CCCC(=O)N4CCN(c5ncc(CNC(=O)CO)cn5)CC4)CC3)nc1)C2. The number of oxazole rings is 1. The topological polar surface area (TPSA) is 291 Å². The van der Waals surface area contributed by atoms with E-state index in [1.807, 2.05) is 20.8 Å². The van der Waals surface area contributed by atoms with Gasteiger partial charge in [0.2, 0.25) is 23.7 Å². The average Bonchev–Trinajstić information content (AvgIpc) is 3.76. The summed E-state index contributed by atoms with van der Waals surface area (Å²) in [6.07, 6.45) is 9.88. The maximum absolute atomic E-state index is 13.6. The number of carbonyl (C=O) groups is 3. The van der Waals surface area contributed by atoms with E-state index < -0.39 is 12.5 Å². The van der Waals surface area contributed by atoms with Crippen LogP contribution in [0.4, 0.5) is 29.5 Å². The van der Waals surface area contributed by atoms with E-state index >= 15 is 0 Å². The van der Waals surface area contributed by atoms with E-state index in [1.54, 1.807) is 43.0 Å². The van der Waals surface area contributed by atoms with Crippen molar-refractivity contribution in [2.45, 2.75) is 38.9 Å². The van der Waals surface area contributed by atoms with Crippen LogP contribution in [-0.4, -0.2) is 150 Å². The Morgan fingerprint density at radius 1 is 0.750 bits per heavy atom. The number of fused-ring (bicyclic) bond motifs is 2. The molecular formula is C46H53N17O5. The van der Waals surface area contributed by atoms with Gasteiger partial charge in [-0.1, -0.05) is 18.2 Å². The van der Waals surface area contributed by atoms with Gasteiger partial charge in [-0.15, -0.1) is 0 Å². The number of rotatable bonds is 15. The highest BCUT2D eigenvalue weighted by atomic mass is 16.4. The van der Waals surface area contributed by atoms with Crippen LogP contribution in [0.3, 0.4) is 0 Å². The second-order valence-electron chi connectivity index (χ2n) is 16.9. The Hall–Kier alpha value is -7.85. The summed E-state index contributed by atoms with van der Waals surface area (Å²) < 4.78 is 5.38. The second-order valence-corrected chi connectivity index (χ2v) is 16.9. The Balaban J connectivity index is 0.695. The van der Waals surface area contributed by atoms with E-state index in [1.165, 1.54) is 6.33 Å². The molecule has 3 amide bonds. The average molecular weight is 924 g/mol. The van der Waals surface area contributed by atoms with Crippen molar-refractivity contribution in [2.24, 2.45) is 0 Å². The summed E-state index contributed by atoms with van der Waals surface area (Å²) in [6, 6.07) is 11.4. The number of aliphatic hydroxyl groups excluding tert-OH is 1. The van der Waals surface area contributed by atoms with Gasteiger partial charge in [0, 0.05) is 121 Å². The summed E-state index contributed by atoms with van der Waals surface area (Å²) in [6.45, 7) is 7.63. The number of nitrogens with one attached hydrogen (secondary N) is 3. The molecule has 0 atom stereocenters. The van der Waals surface area contributed by atoms with Crippen molar-refractivity contribution in [2.75, 3.05) is 98.6 Å². The monoisotopic (exact) mass is 923 g/mol. The Labute approximate surface area is 391 Å². The van der Waals surface area contributed by atoms with Crippen LogP contribution in [0.5, 0.6) is 0 Å². The van der Waals surface area contributed by atoms with Crippen LogP contribution in [0.15, 0.2) is 71.9 Å². The number of piperazine rings is 2. The van der Waals surface area contributed by atoms with Crippen LogP contribution in [-0.2, 0) is 35.6 Å². The minimum atomic E-state index is -0.563. The fraction of sp³-hybridized carbons (Fsp3) is 0.370. The fourth-order valence-electron chi connectivity index (χ4n) is 8.68. The number of anilines is 5. The van der Waals surface area contributed by atoms with Crippen LogP contribution in [0.25, 0.3) is 11.1 Å². The van der Waals surface area contributed by atoms with Crippen molar-refractivity contribution in [1.82, 2.24) is 54.9 Å². The van der Waals surface area contributed by atoms with E-state index in [0.717, 1.165) is 61.4 Å². The van der Waals surface area contributed by atoms with Crippen LogP contribution in [0.1, 0.15) is 56.6 Å². The largest absolute Gasteiger partial charge is 0.424 e. The maximum Gasteiger partial charge on any atom is 0.292 e. The van der Waals surface area contributed by atoms with Gasteiger partial charge in [0.05, 0.1) is 16.8 Å². The first-order chi connectivity index (χ1) is 33.1. The summed E-state index contributed by atoms with van der Waals surface area (Å²) in [4.78, 5) is 79.0. The summed E-state index contributed by atoms with van der Waals surface area (Å²) in [5.41, 5.74) is 18.6.